The van der Waals surface area contributed by atoms with Crippen molar-refractivity contribution in [2.75, 3.05) is 6.54 Å². The van der Waals surface area contributed by atoms with E-state index in [1.807, 2.05) is 12.1 Å². The van der Waals surface area contributed by atoms with Gasteiger partial charge in [-0.25, -0.2) is 0 Å². The number of phenols is 1. The zero-order chi connectivity index (χ0) is 11.9. The molecule has 0 aromatic heterocycles. The van der Waals surface area contributed by atoms with Crippen molar-refractivity contribution in [3.8, 4) is 5.75 Å². The Hall–Kier alpha value is -1.02. The van der Waals surface area contributed by atoms with Gasteiger partial charge in [-0.3, -0.25) is 0 Å². The molecule has 1 atom stereocenters. The van der Waals surface area contributed by atoms with Crippen LogP contribution in [0.15, 0.2) is 24.3 Å². The van der Waals surface area contributed by atoms with Gasteiger partial charge in [-0.1, -0.05) is 12.1 Å². The molecule has 2 aliphatic carbocycles. The molecule has 2 N–H and O–H groups in total. The Labute approximate surface area is 103 Å². The topological polar surface area (TPSA) is 32.3 Å². The first kappa shape index (κ1) is 11.1. The Morgan fingerprint density at radius 2 is 1.94 bits per heavy atom. The van der Waals surface area contributed by atoms with Crippen molar-refractivity contribution in [1.29, 1.82) is 0 Å². The lowest BCUT2D eigenvalue weighted by Gasteiger charge is -2.20. The number of benzene rings is 1. The van der Waals surface area contributed by atoms with Crippen LogP contribution in [-0.4, -0.2) is 11.7 Å². The van der Waals surface area contributed by atoms with Gasteiger partial charge in [0, 0.05) is 12.6 Å². The molecule has 0 spiro atoms. The summed E-state index contributed by atoms with van der Waals surface area (Å²) in [5.74, 6) is 1.36. The maximum Gasteiger partial charge on any atom is 0.115 e. The summed E-state index contributed by atoms with van der Waals surface area (Å²) in [5, 5.41) is 12.9. The van der Waals surface area contributed by atoms with Crippen molar-refractivity contribution < 1.29 is 5.11 Å². The quantitative estimate of drug-likeness (QED) is 0.815. The van der Waals surface area contributed by atoms with Gasteiger partial charge in [0.15, 0.2) is 0 Å². The van der Waals surface area contributed by atoms with Crippen molar-refractivity contribution in [2.24, 2.45) is 11.3 Å². The van der Waals surface area contributed by atoms with Gasteiger partial charge < -0.3 is 10.4 Å². The van der Waals surface area contributed by atoms with Crippen LogP contribution in [0.4, 0.5) is 0 Å². The van der Waals surface area contributed by atoms with Crippen LogP contribution in [0.2, 0.25) is 0 Å². The molecule has 1 unspecified atom stereocenters. The third-order valence-electron chi connectivity index (χ3n) is 4.49. The predicted molar refractivity (Wildman–Crippen MR) is 68.9 cm³/mol. The molecular weight excluding hydrogens is 210 g/mol. The number of hydrogen-bond donors (Lipinski definition) is 2. The van der Waals surface area contributed by atoms with Gasteiger partial charge in [-0.05, 0) is 61.6 Å². The fourth-order valence-electron chi connectivity index (χ4n) is 2.82. The first-order chi connectivity index (χ1) is 8.20. The zero-order valence-corrected chi connectivity index (χ0v) is 10.4. The van der Waals surface area contributed by atoms with Crippen LogP contribution < -0.4 is 5.32 Å². The molecule has 2 aliphatic rings. The van der Waals surface area contributed by atoms with Gasteiger partial charge in [0.25, 0.3) is 0 Å². The van der Waals surface area contributed by atoms with E-state index < -0.39 is 0 Å². The van der Waals surface area contributed by atoms with E-state index in [1.54, 1.807) is 12.1 Å². The Morgan fingerprint density at radius 1 is 1.29 bits per heavy atom. The maximum absolute atomic E-state index is 9.27. The molecule has 1 aromatic rings. The van der Waals surface area contributed by atoms with Crippen LogP contribution in [0.5, 0.6) is 5.75 Å². The molecule has 2 heteroatoms. The van der Waals surface area contributed by atoms with E-state index in [0.29, 0.717) is 17.2 Å². The fraction of sp³-hybridized carbons (Fsp3) is 0.600. The molecule has 2 nitrogen and oxygen atoms in total. The van der Waals surface area contributed by atoms with Gasteiger partial charge in [0.1, 0.15) is 5.75 Å². The van der Waals surface area contributed by atoms with Crippen LogP contribution in [0, 0.1) is 11.3 Å². The van der Waals surface area contributed by atoms with E-state index in [0.717, 1.165) is 5.92 Å². The van der Waals surface area contributed by atoms with Crippen LogP contribution in [0.1, 0.15) is 44.2 Å². The van der Waals surface area contributed by atoms with Gasteiger partial charge >= 0.3 is 0 Å². The third-order valence-corrected chi connectivity index (χ3v) is 4.49. The largest absolute Gasteiger partial charge is 0.508 e. The molecule has 1 aromatic carbocycles. The smallest absolute Gasteiger partial charge is 0.115 e. The molecule has 92 valence electrons. The number of aromatic hydroxyl groups is 1. The van der Waals surface area contributed by atoms with E-state index in [9.17, 15) is 5.11 Å². The summed E-state index contributed by atoms with van der Waals surface area (Å²) >= 11 is 0. The molecule has 2 saturated carbocycles. The van der Waals surface area contributed by atoms with E-state index >= 15 is 0 Å². The molecule has 0 heterocycles. The molecule has 0 aliphatic heterocycles. The molecule has 0 bridgehead atoms. The van der Waals surface area contributed by atoms with Gasteiger partial charge in [-0.2, -0.15) is 0 Å². The highest BCUT2D eigenvalue weighted by atomic mass is 16.3. The summed E-state index contributed by atoms with van der Waals surface area (Å²) in [6, 6.07) is 7.92. The average molecular weight is 231 g/mol. The maximum atomic E-state index is 9.27. The fourth-order valence-corrected chi connectivity index (χ4v) is 2.82. The van der Waals surface area contributed by atoms with Crippen molar-refractivity contribution in [3.05, 3.63) is 29.8 Å². The highest BCUT2D eigenvalue weighted by Crippen LogP contribution is 2.60. The molecule has 17 heavy (non-hydrogen) atoms. The minimum Gasteiger partial charge on any atom is -0.508 e. The van der Waals surface area contributed by atoms with Crippen LogP contribution in [-0.2, 0) is 0 Å². The van der Waals surface area contributed by atoms with E-state index in [1.165, 1.54) is 37.8 Å². The van der Waals surface area contributed by atoms with E-state index in [2.05, 4.69) is 12.2 Å². The monoisotopic (exact) mass is 231 g/mol. The summed E-state index contributed by atoms with van der Waals surface area (Å²) in [6.07, 6.45) is 5.75. The lowest BCUT2D eigenvalue weighted by Crippen LogP contribution is -2.27. The van der Waals surface area contributed by atoms with E-state index in [-0.39, 0.29) is 0 Å². The predicted octanol–water partition coefficient (Wildman–Crippen LogP) is 3.23. The first-order valence-corrected chi connectivity index (χ1v) is 6.72. The van der Waals surface area contributed by atoms with Crippen LogP contribution >= 0.6 is 0 Å². The Kier molecular flexibility index (Phi) is 2.62. The first-order valence-electron chi connectivity index (χ1n) is 6.72. The minimum absolute atomic E-state index is 0.345. The Bertz CT molecular complexity index is 390. The molecule has 0 amide bonds. The highest BCUT2D eigenvalue weighted by molar-refractivity contribution is 5.27. The molecular formula is C15H21NO. The summed E-state index contributed by atoms with van der Waals surface area (Å²) < 4.78 is 0. The van der Waals surface area contributed by atoms with Gasteiger partial charge in [0.05, 0.1) is 0 Å². The van der Waals surface area contributed by atoms with E-state index in [4.69, 9.17) is 0 Å². The zero-order valence-electron chi connectivity index (χ0n) is 10.4. The van der Waals surface area contributed by atoms with Gasteiger partial charge in [0.2, 0.25) is 0 Å². The normalized spacial score (nSPS) is 23.4. The van der Waals surface area contributed by atoms with Gasteiger partial charge in [-0.15, -0.1) is 0 Å². The second kappa shape index (κ2) is 4.02. The second-order valence-electron chi connectivity index (χ2n) is 5.83. The van der Waals surface area contributed by atoms with Crippen LogP contribution in [0.3, 0.4) is 0 Å². The number of phenolic OH excluding ortho intramolecular Hbond substituents is 1. The lowest BCUT2D eigenvalue weighted by molar-refractivity contribution is 0.382. The van der Waals surface area contributed by atoms with Crippen molar-refractivity contribution in [1.82, 2.24) is 5.32 Å². The molecule has 2 fully saturated rings. The second-order valence-corrected chi connectivity index (χ2v) is 5.83. The van der Waals surface area contributed by atoms with Crippen LogP contribution in [0.25, 0.3) is 0 Å². The molecule has 0 radical (unpaired) electrons. The van der Waals surface area contributed by atoms with Crippen molar-refractivity contribution in [2.45, 2.75) is 38.6 Å². The molecule has 0 saturated heterocycles. The summed E-state index contributed by atoms with van der Waals surface area (Å²) in [4.78, 5) is 0. The SMILES string of the molecule is CC(NCC1(C2CC2)CC1)c1ccc(O)cc1. The molecule has 3 rings (SSSR count). The number of rotatable bonds is 5. The minimum atomic E-state index is 0.345. The summed E-state index contributed by atoms with van der Waals surface area (Å²) in [5.41, 5.74) is 1.92. The Morgan fingerprint density at radius 3 is 2.47 bits per heavy atom. The standard InChI is InChI=1S/C15H21NO/c1-11(12-2-6-14(17)7-3-12)16-10-15(8-9-15)13-4-5-13/h2-3,6-7,11,13,16-17H,4-5,8-10H2,1H3. The van der Waals surface area contributed by atoms with Crippen molar-refractivity contribution in [3.63, 3.8) is 0 Å². The average Bonchev–Trinajstić information content (AvgIpc) is 3.17. The lowest BCUT2D eigenvalue weighted by atomic mass is 9.99. The number of nitrogens with one attached hydrogen (secondary N) is 1. The number of hydrogen-bond acceptors (Lipinski definition) is 2. The Balaban J connectivity index is 1.56. The third kappa shape index (κ3) is 2.32. The highest BCUT2D eigenvalue weighted by Gasteiger charge is 2.53. The summed E-state index contributed by atoms with van der Waals surface area (Å²) in [7, 11) is 0. The summed E-state index contributed by atoms with van der Waals surface area (Å²) in [6.45, 7) is 3.37. The van der Waals surface area contributed by atoms with Crippen molar-refractivity contribution >= 4 is 0 Å².